The van der Waals surface area contributed by atoms with E-state index < -0.39 is 0 Å². The molecule has 1 N–H and O–H groups in total. The number of hydrogen-bond donors (Lipinski definition) is 1. The summed E-state index contributed by atoms with van der Waals surface area (Å²) in [5.74, 6) is 0. The molecule has 0 spiro atoms. The fourth-order valence-electron chi connectivity index (χ4n) is 1.97. The molecule has 3 rings (SSSR count). The highest BCUT2D eigenvalue weighted by Gasteiger charge is 2.19. The number of rotatable bonds is 6. The third-order valence-electron chi connectivity index (χ3n) is 3.42. The third kappa shape index (κ3) is 3.41. The average Bonchev–Trinajstić information content (AvgIpc) is 2.99. The van der Waals surface area contributed by atoms with Crippen molar-refractivity contribution in [1.29, 1.82) is 0 Å². The van der Waals surface area contributed by atoms with Crippen molar-refractivity contribution in [2.45, 2.75) is 45.6 Å². The van der Waals surface area contributed by atoms with Gasteiger partial charge in [0.1, 0.15) is 5.01 Å². The summed E-state index contributed by atoms with van der Waals surface area (Å²) in [5.41, 5.74) is 1.35. The number of nitrogens with one attached hydrogen (secondary N) is 1. The van der Waals surface area contributed by atoms with Crippen LogP contribution in [0.15, 0.2) is 6.07 Å². The maximum atomic E-state index is 4.33. The summed E-state index contributed by atoms with van der Waals surface area (Å²) in [5, 5.41) is 14.4. The summed E-state index contributed by atoms with van der Waals surface area (Å²) in [6, 6.07) is 3.03. The van der Waals surface area contributed by atoms with E-state index in [9.17, 15) is 0 Å². The Balaban J connectivity index is 1.55. The van der Waals surface area contributed by atoms with E-state index in [0.29, 0.717) is 0 Å². The van der Waals surface area contributed by atoms with Crippen LogP contribution in [0, 0.1) is 13.8 Å². The molecule has 2 aromatic heterocycles. The van der Waals surface area contributed by atoms with Crippen molar-refractivity contribution in [3.63, 3.8) is 0 Å². The summed E-state index contributed by atoms with van der Waals surface area (Å²) >= 11 is 3.56. The van der Waals surface area contributed by atoms with Gasteiger partial charge in [-0.25, -0.2) is 0 Å². The second-order valence-electron chi connectivity index (χ2n) is 5.18. The molecule has 0 aromatic carbocycles. The van der Waals surface area contributed by atoms with Crippen LogP contribution in [0.4, 0.5) is 0 Å². The van der Waals surface area contributed by atoms with Gasteiger partial charge < -0.3 is 5.32 Å². The minimum Gasteiger partial charge on any atom is -0.314 e. The van der Waals surface area contributed by atoms with Crippen LogP contribution in [-0.4, -0.2) is 22.8 Å². The molecule has 3 nitrogen and oxygen atoms in total. The molecule has 5 heteroatoms. The zero-order valence-electron chi connectivity index (χ0n) is 11.4. The Kier molecular flexibility index (Phi) is 3.96. The topological polar surface area (TPSA) is 37.8 Å². The van der Waals surface area contributed by atoms with Gasteiger partial charge in [-0.1, -0.05) is 11.3 Å². The van der Waals surface area contributed by atoms with Gasteiger partial charge >= 0.3 is 0 Å². The number of aryl methyl sites for hydroxylation is 3. The fraction of sp³-hybridized carbons (Fsp3) is 0.571. The predicted molar refractivity (Wildman–Crippen MR) is 82.0 cm³/mol. The second kappa shape index (κ2) is 5.69. The lowest BCUT2D eigenvalue weighted by Gasteiger charge is -1.99. The zero-order valence-corrected chi connectivity index (χ0v) is 13.0. The van der Waals surface area contributed by atoms with Gasteiger partial charge in [0.15, 0.2) is 5.01 Å². The summed E-state index contributed by atoms with van der Waals surface area (Å²) in [4.78, 5) is 2.63. The molecule has 19 heavy (non-hydrogen) atoms. The maximum absolute atomic E-state index is 4.33. The highest BCUT2D eigenvalue weighted by atomic mass is 32.1. The first kappa shape index (κ1) is 13.2. The van der Waals surface area contributed by atoms with Crippen LogP contribution in [0.25, 0.3) is 9.88 Å². The largest absolute Gasteiger partial charge is 0.314 e. The van der Waals surface area contributed by atoms with Crippen LogP contribution >= 0.6 is 22.7 Å². The maximum Gasteiger partial charge on any atom is 0.157 e. The van der Waals surface area contributed by atoms with E-state index >= 15 is 0 Å². The number of aromatic nitrogens is 2. The normalized spacial score (nSPS) is 15.1. The first-order valence-electron chi connectivity index (χ1n) is 6.85. The molecule has 0 bridgehead atoms. The van der Waals surface area contributed by atoms with Gasteiger partial charge in [0, 0.05) is 17.3 Å². The summed E-state index contributed by atoms with van der Waals surface area (Å²) in [7, 11) is 0. The number of thiophene rings is 1. The van der Waals surface area contributed by atoms with E-state index in [1.807, 2.05) is 11.3 Å². The lowest BCUT2D eigenvalue weighted by molar-refractivity contribution is 0.643. The van der Waals surface area contributed by atoms with Gasteiger partial charge in [-0.2, -0.15) is 0 Å². The van der Waals surface area contributed by atoms with E-state index in [1.54, 1.807) is 11.3 Å². The molecule has 2 aromatic rings. The molecule has 2 heterocycles. The summed E-state index contributed by atoms with van der Waals surface area (Å²) < 4.78 is 0. The summed E-state index contributed by atoms with van der Waals surface area (Å²) in [6.07, 6.45) is 4.93. The lowest BCUT2D eigenvalue weighted by Crippen LogP contribution is -2.17. The third-order valence-corrected chi connectivity index (χ3v) is 5.73. The Bertz CT molecular complexity index is 535. The van der Waals surface area contributed by atoms with Crippen LogP contribution in [0.3, 0.4) is 0 Å². The SMILES string of the molecule is Cc1cc(-c2nnc(CCCNC3CC3)s2)sc1C. The Morgan fingerprint density at radius 1 is 1.26 bits per heavy atom. The van der Waals surface area contributed by atoms with E-state index in [1.165, 1.54) is 28.2 Å². The molecule has 0 saturated heterocycles. The smallest absolute Gasteiger partial charge is 0.157 e. The minimum atomic E-state index is 0.807. The molecule has 0 atom stereocenters. The van der Waals surface area contributed by atoms with Crippen molar-refractivity contribution >= 4 is 22.7 Å². The highest BCUT2D eigenvalue weighted by Crippen LogP contribution is 2.32. The Hall–Kier alpha value is -0.780. The number of hydrogen-bond acceptors (Lipinski definition) is 5. The van der Waals surface area contributed by atoms with Gasteiger partial charge in [-0.3, -0.25) is 0 Å². The molecule has 1 aliphatic rings. The van der Waals surface area contributed by atoms with E-state index in [4.69, 9.17) is 0 Å². The van der Waals surface area contributed by atoms with Crippen LogP contribution in [0.1, 0.15) is 34.7 Å². The van der Waals surface area contributed by atoms with Crippen molar-refractivity contribution in [2.24, 2.45) is 0 Å². The molecular formula is C14H19N3S2. The predicted octanol–water partition coefficient (Wildman–Crippen LogP) is 3.57. The first-order chi connectivity index (χ1) is 9.22. The quantitative estimate of drug-likeness (QED) is 0.827. The van der Waals surface area contributed by atoms with E-state index in [2.05, 4.69) is 35.4 Å². The fourth-order valence-corrected chi connectivity index (χ4v) is 3.92. The molecule has 1 fully saturated rings. The molecule has 102 valence electrons. The van der Waals surface area contributed by atoms with Crippen LogP contribution < -0.4 is 5.32 Å². The van der Waals surface area contributed by atoms with Crippen LogP contribution in [-0.2, 0) is 6.42 Å². The zero-order chi connectivity index (χ0) is 13.2. The van der Waals surface area contributed by atoms with Gasteiger partial charge in [-0.05, 0) is 51.3 Å². The lowest BCUT2D eigenvalue weighted by atomic mass is 10.3. The molecular weight excluding hydrogens is 274 g/mol. The minimum absolute atomic E-state index is 0.807. The Morgan fingerprint density at radius 3 is 2.79 bits per heavy atom. The Labute approximate surface area is 122 Å². The monoisotopic (exact) mass is 293 g/mol. The Morgan fingerprint density at radius 2 is 2.11 bits per heavy atom. The second-order valence-corrected chi connectivity index (χ2v) is 7.50. The average molecular weight is 293 g/mol. The van der Waals surface area contributed by atoms with Gasteiger partial charge in [-0.15, -0.1) is 21.5 Å². The molecule has 0 aliphatic heterocycles. The van der Waals surface area contributed by atoms with Gasteiger partial charge in [0.05, 0.1) is 4.88 Å². The van der Waals surface area contributed by atoms with Crippen molar-refractivity contribution < 1.29 is 0 Å². The van der Waals surface area contributed by atoms with Crippen molar-refractivity contribution in [1.82, 2.24) is 15.5 Å². The van der Waals surface area contributed by atoms with Crippen molar-refractivity contribution in [3.8, 4) is 9.88 Å². The van der Waals surface area contributed by atoms with E-state index in [-0.39, 0.29) is 0 Å². The van der Waals surface area contributed by atoms with Gasteiger partial charge in [0.25, 0.3) is 0 Å². The molecule has 0 unspecified atom stereocenters. The van der Waals surface area contributed by atoms with Crippen molar-refractivity contribution in [3.05, 3.63) is 21.5 Å². The first-order valence-corrected chi connectivity index (χ1v) is 8.49. The van der Waals surface area contributed by atoms with Crippen LogP contribution in [0.5, 0.6) is 0 Å². The van der Waals surface area contributed by atoms with Crippen LogP contribution in [0.2, 0.25) is 0 Å². The molecule has 0 radical (unpaired) electrons. The highest BCUT2D eigenvalue weighted by molar-refractivity contribution is 7.21. The standard InChI is InChI=1S/C14H19N3S2/c1-9-8-12(18-10(9)2)14-17-16-13(19-14)4-3-7-15-11-5-6-11/h8,11,15H,3-7H2,1-2H3. The molecule has 0 amide bonds. The van der Waals surface area contributed by atoms with Crippen molar-refractivity contribution in [2.75, 3.05) is 6.54 Å². The number of nitrogens with zero attached hydrogens (tertiary/aromatic N) is 2. The molecule has 1 aliphatic carbocycles. The van der Waals surface area contributed by atoms with Gasteiger partial charge in [0.2, 0.25) is 0 Å². The molecule has 1 saturated carbocycles. The summed E-state index contributed by atoms with van der Waals surface area (Å²) in [6.45, 7) is 5.42. The van der Waals surface area contributed by atoms with E-state index in [0.717, 1.165) is 35.4 Å².